The molecule has 254 valence electrons. The zero-order chi connectivity index (χ0) is 34.5. The third-order valence-electron chi connectivity index (χ3n) is 8.78. The first-order chi connectivity index (χ1) is 23.1. The summed E-state index contributed by atoms with van der Waals surface area (Å²) >= 11 is 0. The molecule has 3 N–H and O–H groups in total. The lowest BCUT2D eigenvalue weighted by Crippen LogP contribution is -2.40. The molecule has 4 aromatic rings. The smallest absolute Gasteiger partial charge is 0.247 e. The average molecular weight is 657 g/mol. The van der Waals surface area contributed by atoms with Crippen molar-refractivity contribution in [3.8, 4) is 28.4 Å². The molecule has 0 radical (unpaired) electrons. The number of hydrogen-bond acceptors (Lipinski definition) is 8. The van der Waals surface area contributed by atoms with E-state index in [0.29, 0.717) is 60.1 Å². The summed E-state index contributed by atoms with van der Waals surface area (Å²) in [4.78, 5) is 40.1. The molecule has 11 nitrogen and oxygen atoms in total. The fourth-order valence-electron chi connectivity index (χ4n) is 6.46. The van der Waals surface area contributed by atoms with E-state index < -0.39 is 12.1 Å². The summed E-state index contributed by atoms with van der Waals surface area (Å²) in [6.07, 6.45) is 3.11. The maximum atomic E-state index is 13.9. The van der Waals surface area contributed by atoms with Crippen molar-refractivity contribution in [3.63, 3.8) is 0 Å². The molecule has 1 aliphatic carbocycles. The molecule has 11 heteroatoms. The van der Waals surface area contributed by atoms with Crippen molar-refractivity contribution in [1.29, 1.82) is 0 Å². The molecule has 1 aliphatic rings. The molecule has 48 heavy (non-hydrogen) atoms. The topological polar surface area (TPSA) is 129 Å². The third kappa shape index (κ3) is 6.82. The number of rotatable bonds is 12. The fraction of sp³-hybridized carbons (Fsp3) is 0.378. The molecule has 0 unspecified atom stereocenters. The van der Waals surface area contributed by atoms with Gasteiger partial charge in [0.25, 0.3) is 0 Å². The van der Waals surface area contributed by atoms with Crippen LogP contribution in [0, 0.1) is 5.92 Å². The van der Waals surface area contributed by atoms with Gasteiger partial charge in [0.1, 0.15) is 6.04 Å². The van der Waals surface area contributed by atoms with Crippen LogP contribution in [0.15, 0.2) is 59.5 Å². The van der Waals surface area contributed by atoms with Crippen LogP contribution in [0.25, 0.3) is 22.0 Å². The number of amides is 2. The van der Waals surface area contributed by atoms with E-state index in [1.165, 1.54) is 6.92 Å². The van der Waals surface area contributed by atoms with E-state index in [2.05, 4.69) is 20.5 Å². The molecule has 0 aliphatic heterocycles. The number of carbonyl (C=O) groups is 2. The Hall–Kier alpha value is -5.03. The number of carbonyl (C=O) groups excluding carboxylic acids is 2. The molecular weight excluding hydrogens is 612 g/mol. The first-order valence-corrected chi connectivity index (χ1v) is 16.0. The van der Waals surface area contributed by atoms with Crippen LogP contribution in [-0.4, -0.2) is 57.5 Å². The number of ether oxygens (including phenoxy) is 4. The standard InChI is InChI=1S/C37H44N4O7/c1-21(2)34(37(44)40-27-9-8-10-30-25(27)15-16-41(30)17-18-45-4)39-29-14-12-24-26(20-31(29)43)28(38-22(3)42)13-11-23-19-32(46-5)35(47-6)36(48-7)33(23)24/h8-10,12,14-16,19-21,28,34H,11,13,17-18H2,1-7H3,(H,38,42)(H,39,43)(H,40,44)/t28-,34-/m0/s1. The molecule has 0 fully saturated rings. The Kier molecular flexibility index (Phi) is 10.6. The van der Waals surface area contributed by atoms with Crippen LogP contribution in [0.4, 0.5) is 11.4 Å². The number of fused-ring (bicyclic) bond motifs is 4. The summed E-state index contributed by atoms with van der Waals surface area (Å²) in [6, 6.07) is 13.6. The predicted molar refractivity (Wildman–Crippen MR) is 187 cm³/mol. The zero-order valence-electron chi connectivity index (χ0n) is 28.6. The monoisotopic (exact) mass is 656 g/mol. The van der Waals surface area contributed by atoms with Crippen molar-refractivity contribution in [2.75, 3.05) is 45.7 Å². The number of hydrogen-bond donors (Lipinski definition) is 3. The van der Waals surface area contributed by atoms with Gasteiger partial charge in [-0.15, -0.1) is 0 Å². The van der Waals surface area contributed by atoms with Gasteiger partial charge in [-0.1, -0.05) is 26.0 Å². The number of nitrogens with one attached hydrogen (secondary N) is 3. The molecule has 3 aromatic carbocycles. The normalized spacial score (nSPS) is 14.4. The van der Waals surface area contributed by atoms with Gasteiger partial charge < -0.3 is 39.5 Å². The molecule has 0 bridgehead atoms. The number of aryl methyl sites for hydroxylation is 1. The summed E-state index contributed by atoms with van der Waals surface area (Å²) in [6.45, 7) is 6.57. The van der Waals surface area contributed by atoms with Gasteiger partial charge >= 0.3 is 0 Å². The van der Waals surface area contributed by atoms with E-state index in [-0.39, 0.29) is 28.8 Å². The first kappa shape index (κ1) is 34.3. The predicted octanol–water partition coefficient (Wildman–Crippen LogP) is 5.54. The summed E-state index contributed by atoms with van der Waals surface area (Å²) in [7, 11) is 6.33. The minimum atomic E-state index is -0.733. The Balaban J connectivity index is 1.56. The Morgan fingerprint density at radius 3 is 2.40 bits per heavy atom. The Morgan fingerprint density at radius 2 is 1.73 bits per heavy atom. The van der Waals surface area contributed by atoms with Gasteiger partial charge in [0.2, 0.25) is 23.0 Å². The molecule has 1 heterocycles. The van der Waals surface area contributed by atoms with Crippen molar-refractivity contribution in [3.05, 3.63) is 76.1 Å². The van der Waals surface area contributed by atoms with Crippen molar-refractivity contribution in [2.45, 2.75) is 52.2 Å². The molecular formula is C37H44N4O7. The van der Waals surface area contributed by atoms with E-state index in [0.717, 1.165) is 22.0 Å². The molecule has 5 rings (SSSR count). The second kappa shape index (κ2) is 14.8. The lowest BCUT2D eigenvalue weighted by Gasteiger charge is -2.22. The van der Waals surface area contributed by atoms with Gasteiger partial charge in [-0.3, -0.25) is 14.4 Å². The van der Waals surface area contributed by atoms with Gasteiger partial charge in [-0.05, 0) is 71.8 Å². The summed E-state index contributed by atoms with van der Waals surface area (Å²) in [5, 5.41) is 10.3. The highest BCUT2D eigenvalue weighted by Gasteiger charge is 2.30. The van der Waals surface area contributed by atoms with Crippen LogP contribution in [0.5, 0.6) is 17.2 Å². The van der Waals surface area contributed by atoms with Crippen LogP contribution in [-0.2, 0) is 27.3 Å². The van der Waals surface area contributed by atoms with Crippen LogP contribution < -0.4 is 35.6 Å². The highest BCUT2D eigenvalue weighted by Crippen LogP contribution is 2.50. The van der Waals surface area contributed by atoms with Gasteiger partial charge in [-0.25, -0.2) is 0 Å². The first-order valence-electron chi connectivity index (χ1n) is 16.0. The maximum Gasteiger partial charge on any atom is 0.247 e. The van der Waals surface area contributed by atoms with Crippen molar-refractivity contribution in [1.82, 2.24) is 9.88 Å². The van der Waals surface area contributed by atoms with Crippen LogP contribution in [0.1, 0.15) is 44.4 Å². The molecule has 0 spiro atoms. The summed E-state index contributed by atoms with van der Waals surface area (Å²) in [5.74, 6) is 0.770. The second-order valence-electron chi connectivity index (χ2n) is 12.2. The molecule has 2 atom stereocenters. The lowest BCUT2D eigenvalue weighted by atomic mass is 9.95. The Bertz CT molecular complexity index is 1880. The Morgan fingerprint density at radius 1 is 0.958 bits per heavy atom. The van der Waals surface area contributed by atoms with Gasteiger partial charge in [0, 0.05) is 37.7 Å². The van der Waals surface area contributed by atoms with E-state index in [4.69, 9.17) is 18.9 Å². The number of benzene rings is 2. The SMILES string of the molecule is COCCn1ccc2c(NC(=O)[C@@H](Nc3ccc4c(cc3=O)[C@@H](NC(C)=O)CCc3cc(OC)c(OC)c(OC)c3-4)C(C)C)cccc21. The number of nitrogens with zero attached hydrogens (tertiary/aromatic N) is 1. The summed E-state index contributed by atoms with van der Waals surface area (Å²) < 4.78 is 24.5. The van der Waals surface area contributed by atoms with E-state index in [9.17, 15) is 14.4 Å². The fourth-order valence-corrected chi connectivity index (χ4v) is 6.46. The van der Waals surface area contributed by atoms with Crippen LogP contribution >= 0.6 is 0 Å². The zero-order valence-corrected chi connectivity index (χ0v) is 28.6. The van der Waals surface area contributed by atoms with E-state index in [1.54, 1.807) is 40.6 Å². The lowest BCUT2D eigenvalue weighted by molar-refractivity contribution is -0.120. The van der Waals surface area contributed by atoms with Crippen LogP contribution in [0.2, 0.25) is 0 Å². The highest BCUT2D eigenvalue weighted by molar-refractivity contribution is 6.04. The van der Waals surface area contributed by atoms with E-state index in [1.807, 2.05) is 56.4 Å². The largest absolute Gasteiger partial charge is 0.493 e. The minimum absolute atomic E-state index is 0.164. The van der Waals surface area contributed by atoms with Gasteiger partial charge in [-0.2, -0.15) is 0 Å². The molecule has 2 amide bonds. The molecule has 1 aromatic heterocycles. The highest BCUT2D eigenvalue weighted by atomic mass is 16.5. The number of aromatic nitrogens is 1. The average Bonchev–Trinajstić information content (AvgIpc) is 3.34. The van der Waals surface area contributed by atoms with Crippen molar-refractivity contribution in [2.24, 2.45) is 5.92 Å². The number of anilines is 2. The van der Waals surface area contributed by atoms with Crippen molar-refractivity contribution >= 4 is 34.1 Å². The minimum Gasteiger partial charge on any atom is -0.493 e. The van der Waals surface area contributed by atoms with Gasteiger partial charge in [0.05, 0.1) is 50.9 Å². The molecule has 0 saturated carbocycles. The quantitative estimate of drug-likeness (QED) is 0.181. The molecule has 0 saturated heterocycles. The maximum absolute atomic E-state index is 13.9. The summed E-state index contributed by atoms with van der Waals surface area (Å²) in [5.41, 5.74) is 4.63. The second-order valence-corrected chi connectivity index (χ2v) is 12.2. The third-order valence-corrected chi connectivity index (χ3v) is 8.78. The Labute approximate surface area is 280 Å². The number of methoxy groups -OCH3 is 4. The van der Waals surface area contributed by atoms with Gasteiger partial charge in [0.15, 0.2) is 11.5 Å². The van der Waals surface area contributed by atoms with Crippen molar-refractivity contribution < 1.29 is 28.5 Å². The van der Waals surface area contributed by atoms with Crippen LogP contribution in [0.3, 0.4) is 0 Å². The van der Waals surface area contributed by atoms with E-state index >= 15 is 0 Å².